The Kier molecular flexibility index (Phi) is 7.94. The zero-order valence-corrected chi connectivity index (χ0v) is 21.8. The van der Waals surface area contributed by atoms with E-state index in [-0.39, 0.29) is 0 Å². The van der Waals surface area contributed by atoms with E-state index in [1.807, 2.05) is 24.3 Å². The highest BCUT2D eigenvalue weighted by Crippen LogP contribution is 2.33. The average molecular weight is 498 g/mol. The van der Waals surface area contributed by atoms with Crippen LogP contribution in [-0.2, 0) is 0 Å². The summed E-state index contributed by atoms with van der Waals surface area (Å²) in [5, 5.41) is 7.09. The van der Waals surface area contributed by atoms with E-state index in [0.29, 0.717) is 11.0 Å². The predicted molar refractivity (Wildman–Crippen MR) is 156 cm³/mol. The van der Waals surface area contributed by atoms with Gasteiger partial charge in [-0.1, -0.05) is 62.2 Å². The molecule has 2 aromatic carbocycles. The zero-order valence-electron chi connectivity index (χ0n) is 21.0. The second-order valence-corrected chi connectivity index (χ2v) is 10.1. The van der Waals surface area contributed by atoms with E-state index in [2.05, 4.69) is 76.1 Å². The maximum atomic E-state index is 5.59. The molecule has 0 unspecified atom stereocenters. The van der Waals surface area contributed by atoms with Gasteiger partial charge >= 0.3 is 0 Å². The molecule has 186 valence electrons. The van der Waals surface area contributed by atoms with Gasteiger partial charge in [0.15, 0.2) is 5.11 Å². The number of thiocarbonyl (C=S) groups is 1. The smallest absolute Gasteiger partial charge is 0.176 e. The number of unbranched alkanes of at least 4 members (excludes halogenated alkanes) is 2. The number of piperidine rings is 1. The average Bonchev–Trinajstić information content (AvgIpc) is 3.33. The van der Waals surface area contributed by atoms with Crippen molar-refractivity contribution in [3.8, 4) is 11.1 Å². The van der Waals surface area contributed by atoms with Crippen LogP contribution in [-0.4, -0.2) is 39.6 Å². The Labute approximate surface area is 219 Å². The summed E-state index contributed by atoms with van der Waals surface area (Å²) < 4.78 is 0. The number of rotatable bonds is 8. The first-order valence-electron chi connectivity index (χ1n) is 13.1. The number of fused-ring (bicyclic) bond motifs is 1. The van der Waals surface area contributed by atoms with Crippen LogP contribution in [0.3, 0.4) is 0 Å². The Morgan fingerprint density at radius 1 is 0.944 bits per heavy atom. The van der Waals surface area contributed by atoms with Gasteiger partial charge in [-0.25, -0.2) is 4.98 Å². The molecule has 0 saturated carbocycles. The van der Waals surface area contributed by atoms with Crippen LogP contribution >= 0.6 is 12.2 Å². The van der Waals surface area contributed by atoms with Gasteiger partial charge in [-0.3, -0.25) is 0 Å². The molecule has 3 heterocycles. The van der Waals surface area contributed by atoms with Gasteiger partial charge in [0.1, 0.15) is 5.82 Å². The summed E-state index contributed by atoms with van der Waals surface area (Å²) >= 11 is 5.59. The maximum absolute atomic E-state index is 5.59. The molecule has 5 nitrogen and oxygen atoms in total. The molecule has 0 radical (unpaired) electrons. The summed E-state index contributed by atoms with van der Waals surface area (Å²) in [6, 6.07) is 22.7. The van der Waals surface area contributed by atoms with Gasteiger partial charge in [0.25, 0.3) is 0 Å². The molecule has 1 aliphatic rings. The predicted octanol–water partition coefficient (Wildman–Crippen LogP) is 7.41. The van der Waals surface area contributed by atoms with Crippen molar-refractivity contribution >= 4 is 39.9 Å². The van der Waals surface area contributed by atoms with E-state index in [1.165, 1.54) is 68.4 Å². The minimum atomic E-state index is 0.534. The van der Waals surface area contributed by atoms with Crippen LogP contribution in [0.5, 0.6) is 0 Å². The molecule has 4 aromatic rings. The Bertz CT molecular complexity index is 1270. The van der Waals surface area contributed by atoms with E-state index in [1.54, 1.807) is 0 Å². The normalized spacial score (nSPS) is 14.7. The Morgan fingerprint density at radius 2 is 1.69 bits per heavy atom. The van der Waals surface area contributed by atoms with Crippen LogP contribution in [0.25, 0.3) is 22.2 Å². The molecule has 6 heteroatoms. The Hall–Kier alpha value is -3.22. The minimum absolute atomic E-state index is 0.534. The molecular weight excluding hydrogens is 462 g/mol. The molecule has 1 saturated heterocycles. The highest BCUT2D eigenvalue weighted by atomic mass is 32.1. The molecule has 0 bridgehead atoms. The summed E-state index contributed by atoms with van der Waals surface area (Å²) in [6.07, 6.45) is 8.47. The largest absolute Gasteiger partial charge is 0.360 e. The molecule has 3 N–H and O–H groups in total. The first kappa shape index (κ1) is 24.5. The number of H-pyrrole nitrogens is 1. The number of benzene rings is 2. The Morgan fingerprint density at radius 3 is 2.44 bits per heavy atom. The number of aromatic nitrogens is 2. The number of likely N-dealkylation sites (tertiary alicyclic amines) is 1. The number of nitrogens with one attached hydrogen (secondary N) is 3. The lowest BCUT2D eigenvalue weighted by atomic mass is 9.90. The van der Waals surface area contributed by atoms with Crippen molar-refractivity contribution < 1.29 is 0 Å². The minimum Gasteiger partial charge on any atom is -0.360 e. The summed E-state index contributed by atoms with van der Waals surface area (Å²) in [5.41, 5.74) is 6.79. The lowest BCUT2D eigenvalue weighted by Gasteiger charge is -2.31. The van der Waals surface area contributed by atoms with Gasteiger partial charge in [-0.15, -0.1) is 0 Å². The van der Waals surface area contributed by atoms with Crippen molar-refractivity contribution in [1.82, 2.24) is 14.9 Å². The molecule has 0 amide bonds. The third-order valence-corrected chi connectivity index (χ3v) is 7.35. The van der Waals surface area contributed by atoms with E-state index in [9.17, 15) is 0 Å². The maximum Gasteiger partial charge on any atom is 0.176 e. The molecule has 0 atom stereocenters. The second kappa shape index (κ2) is 11.7. The summed E-state index contributed by atoms with van der Waals surface area (Å²) in [6.45, 7) is 5.86. The Balaban J connectivity index is 1.20. The monoisotopic (exact) mass is 497 g/mol. The first-order chi connectivity index (χ1) is 17.7. The summed E-state index contributed by atoms with van der Waals surface area (Å²) in [4.78, 5) is 11.0. The molecule has 1 aliphatic heterocycles. The van der Waals surface area contributed by atoms with E-state index in [4.69, 9.17) is 17.2 Å². The van der Waals surface area contributed by atoms with Crippen LogP contribution in [0.15, 0.2) is 72.9 Å². The number of aromatic amines is 1. The quantitative estimate of drug-likeness (QED) is 0.175. The fourth-order valence-corrected chi connectivity index (χ4v) is 5.33. The first-order valence-corrected chi connectivity index (χ1v) is 13.5. The summed E-state index contributed by atoms with van der Waals surface area (Å²) in [5.74, 6) is 1.32. The molecule has 5 rings (SSSR count). The number of hydrogen-bond donors (Lipinski definition) is 3. The van der Waals surface area contributed by atoms with Crippen molar-refractivity contribution in [2.75, 3.05) is 30.3 Å². The molecule has 0 aliphatic carbocycles. The van der Waals surface area contributed by atoms with Gasteiger partial charge in [-0.2, -0.15) is 0 Å². The van der Waals surface area contributed by atoms with Crippen molar-refractivity contribution in [1.29, 1.82) is 0 Å². The number of anilines is 2. The lowest BCUT2D eigenvalue weighted by molar-refractivity contribution is 0.209. The third kappa shape index (κ3) is 5.94. The number of hydrogen-bond acceptors (Lipinski definition) is 3. The SMILES string of the molecule is CCCCCN1CCC(c2c[nH]c3ccc(NC(=S)Nc4ccc(-c5ccccc5)cc4)nc23)CC1. The molecule has 2 aromatic heterocycles. The highest BCUT2D eigenvalue weighted by molar-refractivity contribution is 7.80. The van der Waals surface area contributed by atoms with Crippen LogP contribution in [0.1, 0.15) is 50.5 Å². The topological polar surface area (TPSA) is 56.0 Å². The standard InChI is InChI=1S/C30H35N5S/c1-2-3-7-18-35-19-16-24(17-20-35)26-21-31-27-14-15-28(33-29(26)27)34-30(36)32-25-12-10-23(11-13-25)22-8-5-4-6-9-22/h4-6,8-15,21,24,31H,2-3,7,16-20H2,1H3,(H2,32,33,34,36). The van der Waals surface area contributed by atoms with E-state index >= 15 is 0 Å². The van der Waals surface area contributed by atoms with Crippen LogP contribution in [0, 0.1) is 0 Å². The van der Waals surface area contributed by atoms with E-state index in [0.717, 1.165) is 22.5 Å². The van der Waals surface area contributed by atoms with Crippen LogP contribution in [0.2, 0.25) is 0 Å². The fourth-order valence-electron chi connectivity index (χ4n) is 5.11. The van der Waals surface area contributed by atoms with Crippen molar-refractivity contribution in [2.24, 2.45) is 0 Å². The summed E-state index contributed by atoms with van der Waals surface area (Å²) in [7, 11) is 0. The van der Waals surface area contributed by atoms with Gasteiger partial charge in [-0.05, 0) is 98.0 Å². The van der Waals surface area contributed by atoms with Crippen molar-refractivity contribution in [2.45, 2.75) is 44.9 Å². The second-order valence-electron chi connectivity index (χ2n) is 9.68. The van der Waals surface area contributed by atoms with E-state index < -0.39 is 0 Å². The van der Waals surface area contributed by atoms with Crippen LogP contribution < -0.4 is 10.6 Å². The fraction of sp³-hybridized carbons (Fsp3) is 0.333. The van der Waals surface area contributed by atoms with Gasteiger partial charge in [0.2, 0.25) is 0 Å². The number of nitrogens with zero attached hydrogens (tertiary/aromatic N) is 2. The van der Waals surface area contributed by atoms with Crippen molar-refractivity contribution in [3.05, 3.63) is 78.5 Å². The third-order valence-electron chi connectivity index (χ3n) is 7.15. The molecule has 0 spiro atoms. The molecule has 1 fully saturated rings. The van der Waals surface area contributed by atoms with Gasteiger partial charge < -0.3 is 20.5 Å². The highest BCUT2D eigenvalue weighted by Gasteiger charge is 2.23. The zero-order chi connectivity index (χ0) is 24.7. The van der Waals surface area contributed by atoms with Crippen molar-refractivity contribution in [3.63, 3.8) is 0 Å². The lowest BCUT2D eigenvalue weighted by Crippen LogP contribution is -2.33. The molecular formula is C30H35N5S. The van der Waals surface area contributed by atoms with Gasteiger partial charge in [0.05, 0.1) is 11.0 Å². The number of pyridine rings is 1. The van der Waals surface area contributed by atoms with Gasteiger partial charge in [0, 0.05) is 11.9 Å². The van der Waals surface area contributed by atoms with Crippen LogP contribution in [0.4, 0.5) is 11.5 Å². The molecule has 36 heavy (non-hydrogen) atoms.